The number of Topliss-reactive ketones (excluding diaryl/α,β-unsaturated/α-hetero) is 1. The molecule has 27 heavy (non-hydrogen) atoms. The summed E-state index contributed by atoms with van der Waals surface area (Å²) in [6.07, 6.45) is 9.97. The highest BCUT2D eigenvalue weighted by Crippen LogP contribution is 2.80. The van der Waals surface area contributed by atoms with E-state index in [9.17, 15) is 9.59 Å². The van der Waals surface area contributed by atoms with Gasteiger partial charge >= 0.3 is 0 Å². The summed E-state index contributed by atoms with van der Waals surface area (Å²) in [7, 11) is 0. The van der Waals surface area contributed by atoms with Gasteiger partial charge in [-0.2, -0.15) is 0 Å². The Bertz CT molecular complexity index is 989. The van der Waals surface area contributed by atoms with Gasteiger partial charge in [0.05, 0.1) is 0 Å². The Morgan fingerprint density at radius 1 is 1.19 bits per heavy atom. The third kappa shape index (κ3) is 1.92. The highest BCUT2D eigenvalue weighted by molar-refractivity contribution is 5.95. The maximum atomic E-state index is 13.0. The molecule has 6 rings (SSSR count). The molecule has 3 bridgehead atoms. The second-order valence-corrected chi connectivity index (χ2v) is 9.66. The zero-order valence-corrected chi connectivity index (χ0v) is 15.7. The van der Waals surface area contributed by atoms with Crippen molar-refractivity contribution in [2.45, 2.75) is 45.4 Å². The van der Waals surface area contributed by atoms with Crippen molar-refractivity contribution in [1.29, 1.82) is 0 Å². The lowest BCUT2D eigenvalue weighted by Crippen LogP contribution is -2.57. The summed E-state index contributed by atoms with van der Waals surface area (Å²) in [4.78, 5) is 29.0. The van der Waals surface area contributed by atoms with E-state index in [0.717, 1.165) is 24.3 Å². The van der Waals surface area contributed by atoms with Crippen LogP contribution in [0.5, 0.6) is 0 Å². The number of aromatic nitrogens is 2. The molecular formula is C22H25N3O2. The quantitative estimate of drug-likeness (QED) is 0.846. The summed E-state index contributed by atoms with van der Waals surface area (Å²) < 4.78 is 1.74. The van der Waals surface area contributed by atoms with Crippen LogP contribution in [-0.4, -0.2) is 27.6 Å². The molecule has 2 aromatic heterocycles. The number of nitrogens with zero attached hydrogens (tertiary/aromatic N) is 2. The van der Waals surface area contributed by atoms with Gasteiger partial charge in [0.1, 0.15) is 17.0 Å². The summed E-state index contributed by atoms with van der Waals surface area (Å²) in [5.74, 6) is 2.62. The zero-order valence-electron chi connectivity index (χ0n) is 15.7. The Hall–Kier alpha value is -2.17. The summed E-state index contributed by atoms with van der Waals surface area (Å²) in [6, 6.07) is 5.48. The van der Waals surface area contributed by atoms with Crippen LogP contribution in [0.25, 0.3) is 5.65 Å². The van der Waals surface area contributed by atoms with E-state index in [0.29, 0.717) is 27.9 Å². The molecule has 2 aromatic rings. The van der Waals surface area contributed by atoms with Crippen LogP contribution in [-0.2, 0) is 0 Å². The monoisotopic (exact) mass is 363 g/mol. The number of imidazole rings is 1. The van der Waals surface area contributed by atoms with E-state index in [2.05, 4.69) is 10.3 Å². The lowest BCUT2D eigenvalue weighted by atomic mass is 9.46. The average molecular weight is 363 g/mol. The molecule has 1 spiro atoms. The van der Waals surface area contributed by atoms with Gasteiger partial charge in [-0.05, 0) is 79.2 Å². The van der Waals surface area contributed by atoms with Crippen LogP contribution >= 0.6 is 0 Å². The van der Waals surface area contributed by atoms with Crippen molar-refractivity contribution in [2.24, 2.45) is 28.6 Å². The molecule has 1 N–H and O–H groups in total. The fourth-order valence-corrected chi connectivity index (χ4v) is 7.60. The molecule has 5 unspecified atom stereocenters. The lowest BCUT2D eigenvalue weighted by Gasteiger charge is -2.59. The van der Waals surface area contributed by atoms with Crippen molar-refractivity contribution in [3.63, 3.8) is 0 Å². The Morgan fingerprint density at radius 2 is 2.04 bits per heavy atom. The summed E-state index contributed by atoms with van der Waals surface area (Å²) in [6.45, 7) is 2.30. The van der Waals surface area contributed by atoms with Gasteiger partial charge in [-0.1, -0.05) is 6.07 Å². The first kappa shape index (κ1) is 15.8. The summed E-state index contributed by atoms with van der Waals surface area (Å²) in [5.41, 5.74) is 2.48. The van der Waals surface area contributed by atoms with Gasteiger partial charge in [0.2, 0.25) is 0 Å². The van der Waals surface area contributed by atoms with Gasteiger partial charge in [0.15, 0.2) is 5.78 Å². The van der Waals surface area contributed by atoms with Crippen LogP contribution in [0.1, 0.15) is 66.4 Å². The number of carbonyl (C=O) groups excluding carboxylic acids is 2. The minimum atomic E-state index is -0.0856. The summed E-state index contributed by atoms with van der Waals surface area (Å²) in [5, 5.41) is 3.27. The second-order valence-electron chi connectivity index (χ2n) is 9.66. The number of pyridine rings is 1. The van der Waals surface area contributed by atoms with Crippen LogP contribution in [0.15, 0.2) is 24.4 Å². The van der Waals surface area contributed by atoms with Crippen LogP contribution in [0.2, 0.25) is 0 Å². The molecule has 140 valence electrons. The van der Waals surface area contributed by atoms with E-state index in [4.69, 9.17) is 0 Å². The first-order valence-electron chi connectivity index (χ1n) is 10.3. The van der Waals surface area contributed by atoms with Gasteiger partial charge in [-0.3, -0.25) is 14.0 Å². The first-order valence-corrected chi connectivity index (χ1v) is 10.3. The summed E-state index contributed by atoms with van der Waals surface area (Å²) >= 11 is 0. The van der Waals surface area contributed by atoms with E-state index in [-0.39, 0.29) is 11.7 Å². The molecule has 5 atom stereocenters. The Labute approximate surface area is 158 Å². The van der Waals surface area contributed by atoms with Crippen molar-refractivity contribution in [3.8, 4) is 0 Å². The minimum absolute atomic E-state index is 0.0571. The Kier molecular flexibility index (Phi) is 2.94. The largest absolute Gasteiger partial charge is 0.350 e. The molecule has 4 aliphatic rings. The zero-order chi connectivity index (χ0) is 18.4. The second kappa shape index (κ2) is 5.00. The fraction of sp³-hybridized carbons (Fsp3) is 0.591. The number of fused-ring (bicyclic) bond motifs is 3. The van der Waals surface area contributed by atoms with E-state index in [1.165, 1.54) is 45.4 Å². The SMILES string of the molecule is CC(=O)c1cn2c(C(=O)NCC34CC5CC6CC(C3)C4(C6)C5)cccc2n1. The third-order valence-electron chi connectivity index (χ3n) is 8.42. The molecule has 0 aromatic carbocycles. The molecule has 4 saturated carbocycles. The Balaban J connectivity index is 1.26. The standard InChI is InChI=1S/C22H25N3O2/c1-13(26)17-11-25-18(3-2-4-19(25)24-17)20(27)23-12-21-7-15-5-14-6-16(10-21)22(21,8-14)9-15/h2-4,11,14-16H,5-10,12H2,1H3,(H,23,27). The number of hydrogen-bond acceptors (Lipinski definition) is 3. The van der Waals surface area contributed by atoms with Gasteiger partial charge in [0.25, 0.3) is 5.91 Å². The van der Waals surface area contributed by atoms with Crippen molar-refractivity contribution in [2.75, 3.05) is 6.54 Å². The van der Waals surface area contributed by atoms with E-state index in [1.807, 2.05) is 18.2 Å². The molecule has 0 radical (unpaired) electrons. The van der Waals surface area contributed by atoms with Crippen LogP contribution < -0.4 is 5.32 Å². The molecule has 4 fully saturated rings. The maximum Gasteiger partial charge on any atom is 0.268 e. The van der Waals surface area contributed by atoms with E-state index in [1.54, 1.807) is 10.6 Å². The highest BCUT2D eigenvalue weighted by atomic mass is 16.2. The number of hydrogen-bond donors (Lipinski definition) is 1. The van der Waals surface area contributed by atoms with Crippen molar-refractivity contribution in [3.05, 3.63) is 35.8 Å². The Morgan fingerprint density at radius 3 is 2.89 bits per heavy atom. The van der Waals surface area contributed by atoms with Crippen molar-refractivity contribution >= 4 is 17.3 Å². The van der Waals surface area contributed by atoms with Gasteiger partial charge in [0, 0.05) is 19.7 Å². The molecule has 5 heteroatoms. The van der Waals surface area contributed by atoms with Crippen LogP contribution in [0, 0.1) is 28.6 Å². The number of carbonyl (C=O) groups is 2. The van der Waals surface area contributed by atoms with Crippen LogP contribution in [0.4, 0.5) is 0 Å². The normalized spacial score (nSPS) is 38.0. The maximum absolute atomic E-state index is 13.0. The minimum Gasteiger partial charge on any atom is -0.350 e. The molecule has 0 saturated heterocycles. The highest BCUT2D eigenvalue weighted by Gasteiger charge is 2.73. The predicted octanol–water partition coefficient (Wildman–Crippen LogP) is 3.48. The first-order chi connectivity index (χ1) is 13.0. The third-order valence-corrected chi connectivity index (χ3v) is 8.42. The van der Waals surface area contributed by atoms with Gasteiger partial charge in [-0.25, -0.2) is 4.98 Å². The van der Waals surface area contributed by atoms with E-state index >= 15 is 0 Å². The van der Waals surface area contributed by atoms with Gasteiger partial charge < -0.3 is 5.32 Å². The molecule has 0 aliphatic heterocycles. The fourth-order valence-electron chi connectivity index (χ4n) is 7.60. The average Bonchev–Trinajstić information content (AvgIpc) is 3.21. The molecule has 2 heterocycles. The van der Waals surface area contributed by atoms with Crippen molar-refractivity contribution in [1.82, 2.24) is 14.7 Å². The predicted molar refractivity (Wildman–Crippen MR) is 101 cm³/mol. The molecule has 5 nitrogen and oxygen atoms in total. The van der Waals surface area contributed by atoms with Gasteiger partial charge in [-0.15, -0.1) is 0 Å². The number of amides is 1. The lowest BCUT2D eigenvalue weighted by molar-refractivity contribution is -0.0960. The molecule has 4 aliphatic carbocycles. The molecular weight excluding hydrogens is 338 g/mol. The topological polar surface area (TPSA) is 63.5 Å². The smallest absolute Gasteiger partial charge is 0.268 e. The number of nitrogens with one attached hydrogen (secondary N) is 1. The molecule has 1 amide bonds. The van der Waals surface area contributed by atoms with Crippen LogP contribution in [0.3, 0.4) is 0 Å². The number of ketones is 1. The van der Waals surface area contributed by atoms with Crippen molar-refractivity contribution < 1.29 is 9.59 Å². The van der Waals surface area contributed by atoms with E-state index < -0.39 is 0 Å². The number of rotatable bonds is 4.